The minimum atomic E-state index is -2.81. The summed E-state index contributed by atoms with van der Waals surface area (Å²) >= 11 is 0. The standard InChI is InChI=1S/C38H45N3O12/c1-37(2,3)35(48)52-18-53-36(49)41(13-14-51-6)17-19-7-9-20(10-8-19)22-11-12-25(42)27-23(22)15-21-16-24-29(40(4)5)31(44)28(34(39)47)33(46)38(24,50)32(45)26(21)30(27)43/h7-12,21,24,26,28-29,42,50H,13-18H2,1-6H3,(H2,39,47)/t21-,24-,26?,28?,29-,38-/m0/s1. The predicted octanol–water partition coefficient (Wildman–Crippen LogP) is 1.67. The van der Waals surface area contributed by atoms with E-state index in [-0.39, 0.29) is 43.9 Å². The van der Waals surface area contributed by atoms with Gasteiger partial charge in [-0.1, -0.05) is 30.3 Å². The average Bonchev–Trinajstić information content (AvgIpc) is 3.08. The fourth-order valence-electron chi connectivity index (χ4n) is 7.76. The molecule has 2 aromatic carbocycles. The normalized spacial score (nSPS) is 25.3. The smallest absolute Gasteiger partial charge is 0.413 e. The summed E-state index contributed by atoms with van der Waals surface area (Å²) in [4.78, 5) is 95.1. The SMILES string of the molecule is COCCN(Cc1ccc(-c2ccc(O)c3c2C[C@H]2C[C@H]4[C@H](N(C)C)C(=O)C(C(N)=O)C(=O)[C@@]4(O)C(=O)C2C3=O)cc1)C(=O)OCOC(=O)C(C)(C)C. The Bertz CT molecular complexity index is 1850. The number of primary amides is 1. The van der Waals surface area contributed by atoms with Gasteiger partial charge in [-0.3, -0.25) is 33.7 Å². The van der Waals surface area contributed by atoms with E-state index in [0.717, 1.165) is 0 Å². The maximum Gasteiger partial charge on any atom is 0.413 e. The van der Waals surface area contributed by atoms with Crippen molar-refractivity contribution in [3.63, 3.8) is 0 Å². The zero-order chi connectivity index (χ0) is 39.2. The van der Waals surface area contributed by atoms with Crippen LogP contribution in [0.1, 0.15) is 48.7 Å². The van der Waals surface area contributed by atoms with Gasteiger partial charge in [0.25, 0.3) is 0 Å². The van der Waals surface area contributed by atoms with Crippen LogP contribution in [0, 0.1) is 29.1 Å². The molecule has 15 nitrogen and oxygen atoms in total. The van der Waals surface area contributed by atoms with E-state index in [1.165, 1.54) is 37.1 Å². The number of nitrogens with two attached hydrogens (primary N) is 1. The Labute approximate surface area is 306 Å². The van der Waals surface area contributed by atoms with Crippen LogP contribution in [0.2, 0.25) is 0 Å². The summed E-state index contributed by atoms with van der Waals surface area (Å²) in [6.45, 7) is 5.01. The number of phenolic OH excluding ortho intramolecular Hbond substituents is 1. The number of nitrogens with zero attached hydrogens (tertiary/aromatic N) is 2. The van der Waals surface area contributed by atoms with E-state index in [1.54, 1.807) is 51.1 Å². The summed E-state index contributed by atoms with van der Waals surface area (Å²) in [7, 11) is 4.55. The number of carbonyl (C=O) groups is 7. The van der Waals surface area contributed by atoms with E-state index >= 15 is 0 Å². The summed E-state index contributed by atoms with van der Waals surface area (Å²) in [5.41, 5.74) is 4.13. The van der Waals surface area contributed by atoms with Gasteiger partial charge in [0, 0.05) is 26.1 Å². The number of ether oxygens (including phenoxy) is 3. The number of methoxy groups -OCH3 is 1. The summed E-state index contributed by atoms with van der Waals surface area (Å²) in [5, 5.41) is 22.7. The van der Waals surface area contributed by atoms with Crippen molar-refractivity contribution >= 4 is 41.1 Å². The van der Waals surface area contributed by atoms with Gasteiger partial charge < -0.3 is 35.1 Å². The largest absolute Gasteiger partial charge is 0.507 e. The summed E-state index contributed by atoms with van der Waals surface area (Å²) in [6.07, 6.45) is -0.681. The van der Waals surface area contributed by atoms with Gasteiger partial charge in [0.05, 0.1) is 29.5 Å². The molecule has 4 N–H and O–H groups in total. The number of Topliss-reactive ketones (excluding diaryl/α,β-unsaturated/α-hetero) is 4. The maximum atomic E-state index is 14.1. The van der Waals surface area contributed by atoms with Gasteiger partial charge in [-0.2, -0.15) is 0 Å². The van der Waals surface area contributed by atoms with Crippen LogP contribution in [-0.4, -0.2) is 114 Å². The Morgan fingerprint density at radius 1 is 0.981 bits per heavy atom. The van der Waals surface area contributed by atoms with Gasteiger partial charge in [-0.25, -0.2) is 4.79 Å². The quantitative estimate of drug-likeness (QED) is 0.180. The third-order valence-electron chi connectivity index (χ3n) is 10.4. The van der Waals surface area contributed by atoms with E-state index in [0.29, 0.717) is 22.3 Å². The van der Waals surface area contributed by atoms with E-state index in [4.69, 9.17) is 19.9 Å². The Kier molecular flexibility index (Phi) is 11.0. The summed E-state index contributed by atoms with van der Waals surface area (Å²) < 4.78 is 15.4. The molecule has 5 rings (SSSR count). The molecule has 15 heteroatoms. The number of carbonyl (C=O) groups excluding carboxylic acids is 7. The monoisotopic (exact) mass is 735 g/mol. The van der Waals surface area contributed by atoms with Gasteiger partial charge in [0.15, 0.2) is 34.7 Å². The van der Waals surface area contributed by atoms with Crippen LogP contribution in [0.4, 0.5) is 4.79 Å². The molecule has 0 spiro atoms. The third-order valence-corrected chi connectivity index (χ3v) is 10.4. The van der Waals surface area contributed by atoms with Crippen molar-refractivity contribution in [3.8, 4) is 16.9 Å². The first-order chi connectivity index (χ1) is 24.8. The molecule has 2 saturated carbocycles. The van der Waals surface area contributed by atoms with Crippen molar-refractivity contribution in [2.75, 3.05) is 41.1 Å². The fourth-order valence-corrected chi connectivity index (χ4v) is 7.76. The number of esters is 1. The maximum absolute atomic E-state index is 14.1. The molecule has 0 aromatic heterocycles. The van der Waals surface area contributed by atoms with E-state index in [9.17, 15) is 43.8 Å². The molecule has 0 aliphatic heterocycles. The van der Waals surface area contributed by atoms with Crippen LogP contribution in [0.5, 0.6) is 5.75 Å². The van der Waals surface area contributed by atoms with Crippen molar-refractivity contribution < 1.29 is 58.0 Å². The van der Waals surface area contributed by atoms with Crippen molar-refractivity contribution in [2.24, 2.45) is 34.8 Å². The molecule has 2 unspecified atom stereocenters. The highest BCUT2D eigenvalue weighted by Gasteiger charge is 2.69. The van der Waals surface area contributed by atoms with Gasteiger partial charge in [0.1, 0.15) is 5.75 Å². The molecule has 0 saturated heterocycles. The van der Waals surface area contributed by atoms with Crippen LogP contribution >= 0.6 is 0 Å². The highest BCUT2D eigenvalue weighted by Crippen LogP contribution is 2.51. The third kappa shape index (κ3) is 7.08. The van der Waals surface area contributed by atoms with Gasteiger partial charge in [0.2, 0.25) is 12.7 Å². The first-order valence-corrected chi connectivity index (χ1v) is 17.2. The molecule has 3 aliphatic rings. The molecule has 0 radical (unpaired) electrons. The number of hydrogen-bond donors (Lipinski definition) is 3. The lowest BCUT2D eigenvalue weighted by atomic mass is 9.52. The van der Waals surface area contributed by atoms with E-state index in [1.807, 2.05) is 0 Å². The number of likely N-dealkylation sites (N-methyl/N-ethyl adjacent to an activating group) is 1. The number of ketones is 4. The number of aliphatic hydroxyl groups is 1. The Morgan fingerprint density at radius 3 is 2.23 bits per heavy atom. The zero-order valence-electron chi connectivity index (χ0n) is 30.5. The molecule has 3 aliphatic carbocycles. The van der Waals surface area contributed by atoms with Crippen LogP contribution in [-0.2, 0) is 51.1 Å². The van der Waals surface area contributed by atoms with Gasteiger partial charge in [-0.05, 0) is 81.9 Å². The van der Waals surface area contributed by atoms with Crippen LogP contribution in [0.3, 0.4) is 0 Å². The molecule has 2 amide bonds. The number of fused-ring (bicyclic) bond motifs is 3. The number of phenols is 1. The second-order valence-corrected chi connectivity index (χ2v) is 15.1. The lowest BCUT2D eigenvalue weighted by molar-refractivity contribution is -0.181. The van der Waals surface area contributed by atoms with Crippen LogP contribution in [0.15, 0.2) is 36.4 Å². The number of hydrogen-bond acceptors (Lipinski definition) is 13. The Balaban J connectivity index is 1.42. The molecule has 284 valence electrons. The lowest BCUT2D eigenvalue weighted by Gasteiger charge is -2.52. The molecule has 2 aromatic rings. The van der Waals surface area contributed by atoms with Gasteiger partial charge >= 0.3 is 12.1 Å². The van der Waals surface area contributed by atoms with Crippen molar-refractivity contribution in [3.05, 3.63) is 53.1 Å². The number of aromatic hydroxyl groups is 1. The van der Waals surface area contributed by atoms with Crippen LogP contribution in [0.25, 0.3) is 11.1 Å². The summed E-state index contributed by atoms with van der Waals surface area (Å²) in [5.74, 6) is -11.7. The molecular formula is C38H45N3O12. The molecule has 0 bridgehead atoms. The first-order valence-electron chi connectivity index (χ1n) is 17.2. The molecule has 53 heavy (non-hydrogen) atoms. The highest BCUT2D eigenvalue weighted by atomic mass is 16.7. The fraction of sp³-hybridized carbons (Fsp3) is 0.500. The van der Waals surface area contributed by atoms with Crippen molar-refractivity contribution in [1.82, 2.24) is 9.80 Å². The minimum Gasteiger partial charge on any atom is -0.507 e. The number of amides is 2. The van der Waals surface area contributed by atoms with Crippen LogP contribution < -0.4 is 5.73 Å². The molecule has 6 atom stereocenters. The summed E-state index contributed by atoms with van der Waals surface area (Å²) in [6, 6.07) is 8.87. The zero-order valence-corrected chi connectivity index (χ0v) is 30.5. The second kappa shape index (κ2) is 14.8. The first kappa shape index (κ1) is 39.2. The molecular weight excluding hydrogens is 690 g/mol. The Morgan fingerprint density at radius 2 is 1.64 bits per heavy atom. The number of benzene rings is 2. The van der Waals surface area contributed by atoms with Crippen molar-refractivity contribution in [2.45, 2.75) is 51.8 Å². The van der Waals surface area contributed by atoms with Crippen molar-refractivity contribution in [1.29, 1.82) is 0 Å². The van der Waals surface area contributed by atoms with Gasteiger partial charge in [-0.15, -0.1) is 0 Å². The average molecular weight is 736 g/mol. The second-order valence-electron chi connectivity index (χ2n) is 15.1. The Hall–Kier alpha value is -4.99. The number of rotatable bonds is 10. The lowest BCUT2D eigenvalue weighted by Crippen LogP contribution is -2.74. The molecule has 2 fully saturated rings. The topological polar surface area (TPSA) is 220 Å². The van der Waals surface area contributed by atoms with E-state index in [2.05, 4.69) is 0 Å². The minimum absolute atomic E-state index is 0.0687. The predicted molar refractivity (Wildman–Crippen MR) is 186 cm³/mol. The highest BCUT2D eigenvalue weighted by molar-refractivity contribution is 6.32. The molecule has 0 heterocycles. The van der Waals surface area contributed by atoms with E-state index < -0.39 is 88.6 Å².